The van der Waals surface area contributed by atoms with Crippen molar-refractivity contribution in [2.75, 3.05) is 11.9 Å². The summed E-state index contributed by atoms with van der Waals surface area (Å²) in [5.41, 5.74) is 2.14. The molecule has 0 fully saturated rings. The standard InChI is InChI=1S/C27H22F2N4O4/c1-16-3-5-20(28)22(11-16)33-27(36)17-4-6-21(29)25(13-17)37-19-7-9-30-24(14-19)23-12-18(15-32-23)26(35)31-8-2-10-34/h3-7,9-15,32H,2,8H2,1H3,(H,31,35)(H,33,36). The van der Waals surface area contributed by atoms with Gasteiger partial charge in [-0.05, 0) is 55.0 Å². The van der Waals surface area contributed by atoms with Crippen molar-refractivity contribution in [3.8, 4) is 22.9 Å². The molecule has 188 valence electrons. The van der Waals surface area contributed by atoms with Crippen LogP contribution in [-0.2, 0) is 4.79 Å². The Hall–Kier alpha value is -4.86. The molecule has 4 aromatic rings. The number of carbonyl (C=O) groups is 3. The van der Waals surface area contributed by atoms with Gasteiger partial charge < -0.3 is 25.1 Å². The highest BCUT2D eigenvalue weighted by Crippen LogP contribution is 2.29. The van der Waals surface area contributed by atoms with Crippen LogP contribution in [0.4, 0.5) is 14.5 Å². The van der Waals surface area contributed by atoms with E-state index in [1.807, 2.05) is 0 Å². The van der Waals surface area contributed by atoms with Gasteiger partial charge in [-0.1, -0.05) is 6.07 Å². The second-order valence-corrected chi connectivity index (χ2v) is 8.07. The minimum absolute atomic E-state index is 0.0123. The number of nitrogens with zero attached hydrogens (tertiary/aromatic N) is 1. The van der Waals surface area contributed by atoms with Crippen molar-refractivity contribution in [3.05, 3.63) is 95.3 Å². The van der Waals surface area contributed by atoms with E-state index < -0.39 is 17.5 Å². The fourth-order valence-corrected chi connectivity index (χ4v) is 3.42. The van der Waals surface area contributed by atoms with Crippen molar-refractivity contribution in [1.82, 2.24) is 15.3 Å². The van der Waals surface area contributed by atoms with Crippen LogP contribution in [0.5, 0.6) is 11.5 Å². The van der Waals surface area contributed by atoms with E-state index in [4.69, 9.17) is 4.74 Å². The van der Waals surface area contributed by atoms with E-state index in [0.717, 1.165) is 11.6 Å². The number of benzene rings is 2. The number of aromatic nitrogens is 2. The van der Waals surface area contributed by atoms with E-state index in [1.165, 1.54) is 48.8 Å². The molecule has 0 saturated carbocycles. The maximum atomic E-state index is 14.5. The van der Waals surface area contributed by atoms with E-state index in [-0.39, 0.29) is 41.6 Å². The van der Waals surface area contributed by atoms with Gasteiger partial charge in [-0.25, -0.2) is 8.78 Å². The molecule has 0 aliphatic carbocycles. The zero-order valence-corrected chi connectivity index (χ0v) is 19.7. The Morgan fingerprint density at radius 3 is 2.62 bits per heavy atom. The Kier molecular flexibility index (Phi) is 7.68. The van der Waals surface area contributed by atoms with Crippen molar-refractivity contribution in [2.24, 2.45) is 0 Å². The smallest absolute Gasteiger partial charge is 0.255 e. The van der Waals surface area contributed by atoms with E-state index in [1.54, 1.807) is 19.1 Å². The zero-order chi connectivity index (χ0) is 26.4. The number of aldehydes is 1. The summed E-state index contributed by atoms with van der Waals surface area (Å²) in [7, 11) is 0. The Bertz CT molecular complexity index is 1470. The summed E-state index contributed by atoms with van der Waals surface area (Å²) < 4.78 is 34.2. The molecule has 0 aliphatic rings. The first kappa shape index (κ1) is 25.2. The van der Waals surface area contributed by atoms with Crippen LogP contribution >= 0.6 is 0 Å². The molecule has 0 aliphatic heterocycles. The minimum Gasteiger partial charge on any atom is -0.454 e. The number of nitrogens with one attached hydrogen (secondary N) is 3. The molecule has 0 atom stereocenters. The lowest BCUT2D eigenvalue weighted by Crippen LogP contribution is -2.24. The number of amides is 2. The van der Waals surface area contributed by atoms with Gasteiger partial charge in [-0.2, -0.15) is 0 Å². The predicted molar refractivity (Wildman–Crippen MR) is 133 cm³/mol. The van der Waals surface area contributed by atoms with E-state index in [0.29, 0.717) is 23.2 Å². The number of hydrogen-bond acceptors (Lipinski definition) is 5. The summed E-state index contributed by atoms with van der Waals surface area (Å²) in [5, 5.41) is 5.10. The molecule has 0 saturated heterocycles. The van der Waals surface area contributed by atoms with Gasteiger partial charge in [0.2, 0.25) is 0 Å². The number of H-pyrrole nitrogens is 1. The Labute approximate surface area is 210 Å². The summed E-state index contributed by atoms with van der Waals surface area (Å²) in [5.74, 6) is -2.25. The van der Waals surface area contributed by atoms with Crippen LogP contribution in [0.25, 0.3) is 11.4 Å². The molecular formula is C27H22F2N4O4. The first-order valence-corrected chi connectivity index (χ1v) is 11.3. The van der Waals surface area contributed by atoms with E-state index >= 15 is 0 Å². The molecule has 0 bridgehead atoms. The fraction of sp³-hybridized carbons (Fsp3) is 0.111. The second kappa shape index (κ2) is 11.3. The summed E-state index contributed by atoms with van der Waals surface area (Å²) in [6, 6.07) is 12.5. The van der Waals surface area contributed by atoms with Gasteiger partial charge >= 0.3 is 0 Å². The lowest BCUT2D eigenvalue weighted by molar-refractivity contribution is -0.107. The van der Waals surface area contributed by atoms with Crippen molar-refractivity contribution >= 4 is 23.8 Å². The van der Waals surface area contributed by atoms with Crippen molar-refractivity contribution < 1.29 is 27.9 Å². The van der Waals surface area contributed by atoms with Gasteiger partial charge in [-0.3, -0.25) is 14.6 Å². The maximum absolute atomic E-state index is 14.5. The number of ether oxygens (including phenoxy) is 1. The number of pyridine rings is 1. The van der Waals surface area contributed by atoms with Crippen LogP contribution in [0.3, 0.4) is 0 Å². The Morgan fingerprint density at radius 2 is 1.81 bits per heavy atom. The molecule has 2 heterocycles. The molecule has 2 aromatic heterocycles. The van der Waals surface area contributed by atoms with E-state index in [2.05, 4.69) is 20.6 Å². The number of aromatic amines is 1. The normalized spacial score (nSPS) is 10.6. The molecule has 4 rings (SSSR count). The zero-order valence-electron chi connectivity index (χ0n) is 19.7. The second-order valence-electron chi connectivity index (χ2n) is 8.07. The predicted octanol–water partition coefficient (Wildman–Crippen LogP) is 5.03. The molecule has 2 amide bonds. The van der Waals surface area contributed by atoms with Gasteiger partial charge in [0.15, 0.2) is 11.6 Å². The number of hydrogen-bond donors (Lipinski definition) is 3. The fourth-order valence-electron chi connectivity index (χ4n) is 3.42. The molecule has 2 aromatic carbocycles. The Balaban J connectivity index is 1.50. The monoisotopic (exact) mass is 504 g/mol. The summed E-state index contributed by atoms with van der Waals surface area (Å²) >= 11 is 0. The highest BCUT2D eigenvalue weighted by Gasteiger charge is 2.15. The highest BCUT2D eigenvalue weighted by molar-refractivity contribution is 6.04. The topological polar surface area (TPSA) is 113 Å². The molecule has 10 heteroatoms. The number of anilines is 1. The van der Waals surface area contributed by atoms with Gasteiger partial charge in [-0.15, -0.1) is 0 Å². The number of halogens is 2. The van der Waals surface area contributed by atoms with Crippen LogP contribution in [0.1, 0.15) is 32.7 Å². The van der Waals surface area contributed by atoms with Crippen molar-refractivity contribution in [1.29, 1.82) is 0 Å². The average Bonchev–Trinajstić information content (AvgIpc) is 3.38. The Morgan fingerprint density at radius 1 is 1.00 bits per heavy atom. The molecule has 37 heavy (non-hydrogen) atoms. The number of carbonyl (C=O) groups excluding carboxylic acids is 3. The first-order chi connectivity index (χ1) is 17.8. The average molecular weight is 504 g/mol. The number of rotatable bonds is 9. The molecular weight excluding hydrogens is 482 g/mol. The molecule has 0 unspecified atom stereocenters. The SMILES string of the molecule is Cc1ccc(F)c(NC(=O)c2ccc(F)c(Oc3ccnc(-c4cc(C(=O)NCCC=O)c[nH]4)c3)c2)c1. The third kappa shape index (κ3) is 6.23. The van der Waals surface area contributed by atoms with Gasteiger partial charge in [0.05, 0.1) is 22.6 Å². The summed E-state index contributed by atoms with van der Waals surface area (Å²) in [6.07, 6.45) is 3.88. The van der Waals surface area contributed by atoms with Crippen LogP contribution < -0.4 is 15.4 Å². The van der Waals surface area contributed by atoms with Gasteiger partial charge in [0.1, 0.15) is 17.9 Å². The summed E-state index contributed by atoms with van der Waals surface area (Å²) in [6.45, 7) is 1.99. The quantitative estimate of drug-likeness (QED) is 0.219. The van der Waals surface area contributed by atoms with Crippen LogP contribution in [0.2, 0.25) is 0 Å². The van der Waals surface area contributed by atoms with Crippen molar-refractivity contribution in [2.45, 2.75) is 13.3 Å². The molecule has 3 N–H and O–H groups in total. The number of aryl methyl sites for hydroxylation is 1. The van der Waals surface area contributed by atoms with E-state index in [9.17, 15) is 23.2 Å². The molecule has 8 nitrogen and oxygen atoms in total. The third-order valence-corrected chi connectivity index (χ3v) is 5.29. The van der Waals surface area contributed by atoms with Crippen LogP contribution in [0, 0.1) is 18.6 Å². The van der Waals surface area contributed by atoms with Crippen LogP contribution in [0.15, 0.2) is 67.0 Å². The minimum atomic E-state index is -0.703. The first-order valence-electron chi connectivity index (χ1n) is 11.3. The van der Waals surface area contributed by atoms with Gasteiger partial charge in [0, 0.05) is 37.0 Å². The highest BCUT2D eigenvalue weighted by atomic mass is 19.1. The molecule has 0 spiro atoms. The summed E-state index contributed by atoms with van der Waals surface area (Å²) in [4.78, 5) is 42.4. The third-order valence-electron chi connectivity index (χ3n) is 5.29. The lowest BCUT2D eigenvalue weighted by Gasteiger charge is -2.11. The maximum Gasteiger partial charge on any atom is 0.255 e. The van der Waals surface area contributed by atoms with Gasteiger partial charge in [0.25, 0.3) is 11.8 Å². The molecule has 0 radical (unpaired) electrons. The van der Waals surface area contributed by atoms with Crippen molar-refractivity contribution in [3.63, 3.8) is 0 Å². The van der Waals surface area contributed by atoms with Crippen LogP contribution in [-0.4, -0.2) is 34.6 Å². The largest absolute Gasteiger partial charge is 0.454 e. The lowest BCUT2D eigenvalue weighted by atomic mass is 10.1.